The molecule has 2 rings (SSSR count). The molecular formula is C10H8BrN5O. The summed E-state index contributed by atoms with van der Waals surface area (Å²) in [6, 6.07) is 5.03. The molecule has 0 radical (unpaired) electrons. The van der Waals surface area contributed by atoms with E-state index < -0.39 is 0 Å². The second-order valence-corrected chi connectivity index (χ2v) is 3.92. The van der Waals surface area contributed by atoms with E-state index >= 15 is 0 Å². The van der Waals surface area contributed by atoms with Crippen LogP contribution in [0.5, 0.6) is 0 Å². The standard InChI is InChI=1S/C10H8BrN5O/c11-8-6(2-1-3-7(8)12)9(17)15-10-13-4-5-14-16-10/h1-5H,12H2,(H,13,15,16,17). The molecule has 0 bridgehead atoms. The first kappa shape index (κ1) is 11.5. The molecule has 0 aliphatic rings. The zero-order valence-electron chi connectivity index (χ0n) is 8.59. The summed E-state index contributed by atoms with van der Waals surface area (Å²) in [4.78, 5) is 15.7. The lowest BCUT2D eigenvalue weighted by Gasteiger charge is -2.06. The summed E-state index contributed by atoms with van der Waals surface area (Å²) in [5.74, 6) is -0.205. The van der Waals surface area contributed by atoms with Crippen LogP contribution in [0.2, 0.25) is 0 Å². The SMILES string of the molecule is Nc1cccc(C(=O)Nc2nccnn2)c1Br. The van der Waals surface area contributed by atoms with E-state index in [1.807, 2.05) is 0 Å². The van der Waals surface area contributed by atoms with Crippen molar-refractivity contribution in [1.29, 1.82) is 0 Å². The number of carbonyl (C=O) groups excluding carboxylic acids is 1. The molecule has 0 fully saturated rings. The third-order valence-corrected chi connectivity index (χ3v) is 2.87. The summed E-state index contributed by atoms with van der Waals surface area (Å²) in [5, 5.41) is 9.78. The zero-order chi connectivity index (χ0) is 12.3. The number of nitrogens with two attached hydrogens (primary N) is 1. The number of benzene rings is 1. The van der Waals surface area contributed by atoms with Crippen LogP contribution in [0.25, 0.3) is 0 Å². The number of nitrogens with one attached hydrogen (secondary N) is 1. The van der Waals surface area contributed by atoms with E-state index in [2.05, 4.69) is 36.4 Å². The average molecular weight is 294 g/mol. The number of anilines is 2. The van der Waals surface area contributed by atoms with Crippen LogP contribution in [-0.2, 0) is 0 Å². The molecule has 0 spiro atoms. The van der Waals surface area contributed by atoms with Crippen LogP contribution < -0.4 is 11.1 Å². The molecule has 0 saturated carbocycles. The first-order valence-electron chi connectivity index (χ1n) is 4.67. The maximum atomic E-state index is 11.9. The van der Waals surface area contributed by atoms with Crippen LogP contribution in [-0.4, -0.2) is 21.1 Å². The zero-order valence-corrected chi connectivity index (χ0v) is 10.2. The maximum Gasteiger partial charge on any atom is 0.259 e. The summed E-state index contributed by atoms with van der Waals surface area (Å²) in [7, 11) is 0. The number of hydrogen-bond donors (Lipinski definition) is 2. The first-order valence-corrected chi connectivity index (χ1v) is 5.47. The largest absolute Gasteiger partial charge is 0.398 e. The number of hydrogen-bond acceptors (Lipinski definition) is 5. The molecule has 86 valence electrons. The average Bonchev–Trinajstić information content (AvgIpc) is 2.34. The van der Waals surface area contributed by atoms with Crippen molar-refractivity contribution in [2.24, 2.45) is 0 Å². The summed E-state index contributed by atoms with van der Waals surface area (Å²) >= 11 is 3.25. The van der Waals surface area contributed by atoms with Crippen molar-refractivity contribution in [3.05, 3.63) is 40.6 Å². The topological polar surface area (TPSA) is 93.8 Å². The van der Waals surface area contributed by atoms with Gasteiger partial charge in [0, 0.05) is 5.69 Å². The first-order chi connectivity index (χ1) is 8.18. The molecule has 3 N–H and O–H groups in total. The van der Waals surface area contributed by atoms with Crippen molar-refractivity contribution in [2.45, 2.75) is 0 Å². The van der Waals surface area contributed by atoms with Gasteiger partial charge in [0.25, 0.3) is 5.91 Å². The molecule has 0 unspecified atom stereocenters. The van der Waals surface area contributed by atoms with Crippen molar-refractivity contribution >= 4 is 33.5 Å². The van der Waals surface area contributed by atoms with Gasteiger partial charge in [-0.15, -0.1) is 5.10 Å². The summed E-state index contributed by atoms with van der Waals surface area (Å²) in [6.45, 7) is 0. The van der Waals surface area contributed by atoms with Crippen molar-refractivity contribution in [3.63, 3.8) is 0 Å². The lowest BCUT2D eigenvalue weighted by Crippen LogP contribution is -2.15. The fourth-order valence-electron chi connectivity index (χ4n) is 1.20. The molecule has 1 aromatic carbocycles. The van der Waals surface area contributed by atoms with Crippen LogP contribution in [0, 0.1) is 0 Å². The minimum absolute atomic E-state index is 0.145. The number of rotatable bonds is 2. The van der Waals surface area contributed by atoms with Crippen LogP contribution in [0.15, 0.2) is 35.1 Å². The summed E-state index contributed by atoms with van der Waals surface area (Å²) < 4.78 is 0.543. The lowest BCUT2D eigenvalue weighted by atomic mass is 10.2. The third-order valence-electron chi connectivity index (χ3n) is 1.98. The highest BCUT2D eigenvalue weighted by Gasteiger charge is 2.12. The van der Waals surface area contributed by atoms with Crippen molar-refractivity contribution in [3.8, 4) is 0 Å². The second kappa shape index (κ2) is 4.88. The molecule has 1 amide bonds. The second-order valence-electron chi connectivity index (χ2n) is 3.13. The summed E-state index contributed by atoms with van der Waals surface area (Å²) in [6.07, 6.45) is 2.86. The van der Waals surface area contributed by atoms with Gasteiger partial charge in [-0.3, -0.25) is 10.1 Å². The monoisotopic (exact) mass is 293 g/mol. The van der Waals surface area contributed by atoms with Gasteiger partial charge in [-0.2, -0.15) is 5.10 Å². The molecule has 0 aliphatic carbocycles. The van der Waals surface area contributed by atoms with Gasteiger partial charge in [-0.05, 0) is 28.1 Å². The summed E-state index contributed by atoms with van der Waals surface area (Å²) in [5.41, 5.74) is 6.59. The molecule has 1 aromatic heterocycles. The number of amides is 1. The van der Waals surface area contributed by atoms with Crippen LogP contribution in [0.4, 0.5) is 11.6 Å². The van der Waals surface area contributed by atoms with Gasteiger partial charge in [-0.25, -0.2) is 4.98 Å². The number of halogens is 1. The fraction of sp³-hybridized carbons (Fsp3) is 0. The van der Waals surface area contributed by atoms with Gasteiger partial charge >= 0.3 is 0 Å². The number of nitrogen functional groups attached to an aromatic ring is 1. The molecule has 0 saturated heterocycles. The van der Waals surface area contributed by atoms with E-state index in [-0.39, 0.29) is 11.9 Å². The highest BCUT2D eigenvalue weighted by atomic mass is 79.9. The molecule has 6 nitrogen and oxygen atoms in total. The molecular weight excluding hydrogens is 286 g/mol. The van der Waals surface area contributed by atoms with E-state index in [9.17, 15) is 4.79 Å². The molecule has 7 heteroatoms. The van der Waals surface area contributed by atoms with Crippen LogP contribution >= 0.6 is 15.9 Å². The van der Waals surface area contributed by atoms with Crippen molar-refractivity contribution in [2.75, 3.05) is 11.1 Å². The third kappa shape index (κ3) is 2.56. The normalized spacial score (nSPS) is 9.94. The number of carbonyl (C=O) groups is 1. The Hall–Kier alpha value is -2.02. The predicted octanol–water partition coefficient (Wildman–Crippen LogP) is 1.47. The molecule has 0 aliphatic heterocycles. The van der Waals surface area contributed by atoms with Gasteiger partial charge < -0.3 is 5.73 Å². The van der Waals surface area contributed by atoms with Crippen molar-refractivity contribution in [1.82, 2.24) is 15.2 Å². The van der Waals surface area contributed by atoms with Gasteiger partial charge in [0.1, 0.15) is 0 Å². The van der Waals surface area contributed by atoms with E-state index in [4.69, 9.17) is 5.73 Å². The van der Waals surface area contributed by atoms with Gasteiger partial charge in [0.15, 0.2) is 0 Å². The van der Waals surface area contributed by atoms with E-state index in [1.165, 1.54) is 12.4 Å². The van der Waals surface area contributed by atoms with Crippen LogP contribution in [0.1, 0.15) is 10.4 Å². The number of aromatic nitrogens is 3. The Balaban J connectivity index is 2.24. The highest BCUT2D eigenvalue weighted by Crippen LogP contribution is 2.24. The lowest BCUT2D eigenvalue weighted by molar-refractivity contribution is 0.102. The predicted molar refractivity (Wildman–Crippen MR) is 66.3 cm³/mol. The van der Waals surface area contributed by atoms with Gasteiger partial charge in [0.2, 0.25) is 5.95 Å². The number of nitrogens with zero attached hydrogens (tertiary/aromatic N) is 3. The van der Waals surface area contributed by atoms with Gasteiger partial charge in [0.05, 0.1) is 22.4 Å². The Kier molecular flexibility index (Phi) is 3.29. The van der Waals surface area contributed by atoms with Gasteiger partial charge in [-0.1, -0.05) is 6.07 Å². The van der Waals surface area contributed by atoms with Crippen molar-refractivity contribution < 1.29 is 4.79 Å². The van der Waals surface area contributed by atoms with E-state index in [0.29, 0.717) is 15.7 Å². The Morgan fingerprint density at radius 1 is 1.35 bits per heavy atom. The molecule has 0 atom stereocenters. The fourth-order valence-corrected chi connectivity index (χ4v) is 1.64. The molecule has 1 heterocycles. The molecule has 2 aromatic rings. The Morgan fingerprint density at radius 3 is 2.88 bits per heavy atom. The Morgan fingerprint density at radius 2 is 2.18 bits per heavy atom. The van der Waals surface area contributed by atoms with E-state index in [0.717, 1.165) is 0 Å². The highest BCUT2D eigenvalue weighted by molar-refractivity contribution is 9.10. The minimum Gasteiger partial charge on any atom is -0.398 e. The Labute approximate surface area is 105 Å². The maximum absolute atomic E-state index is 11.9. The quantitative estimate of drug-likeness (QED) is 0.818. The minimum atomic E-state index is -0.350. The van der Waals surface area contributed by atoms with E-state index in [1.54, 1.807) is 18.2 Å². The Bertz CT molecular complexity index is 546. The van der Waals surface area contributed by atoms with Crippen LogP contribution in [0.3, 0.4) is 0 Å². The molecule has 17 heavy (non-hydrogen) atoms. The smallest absolute Gasteiger partial charge is 0.259 e.